The van der Waals surface area contributed by atoms with E-state index in [9.17, 15) is 25.2 Å². The lowest BCUT2D eigenvalue weighted by Crippen LogP contribution is -2.60. The largest absolute Gasteiger partial charge is 0.488 e. The number of nitrogens with zero attached hydrogens (tertiary/aromatic N) is 1. The van der Waals surface area contributed by atoms with E-state index in [0.717, 1.165) is 18.7 Å². The molecule has 3 fully saturated rings. The fraction of sp³-hybridized carbons (Fsp3) is 0.923. The molecule has 0 saturated carbocycles. The fourth-order valence-electron chi connectivity index (χ4n) is 9.27. The molecule has 0 radical (unpaired) electrons. The van der Waals surface area contributed by atoms with Gasteiger partial charge in [0.25, 0.3) is 0 Å². The number of hydrogen-bond acceptors (Lipinski definition) is 13. The van der Waals surface area contributed by atoms with Crippen molar-refractivity contribution in [3.8, 4) is 0 Å². The molecule has 2 bridgehead atoms. The van der Waals surface area contributed by atoms with Crippen LogP contribution in [0.5, 0.6) is 0 Å². The molecule has 5 unspecified atom stereocenters. The number of likely N-dealkylation sites (N-methyl/N-ethyl adjacent to an activating group) is 1. The summed E-state index contributed by atoms with van der Waals surface area (Å²) < 4.78 is 45.2. The van der Waals surface area contributed by atoms with E-state index in [1.54, 1.807) is 27.7 Å². The molecule has 13 heteroatoms. The molecular formula is C39H69NO12. The molecule has 0 aromatic rings. The summed E-state index contributed by atoms with van der Waals surface area (Å²) in [6.45, 7) is 23.7. The van der Waals surface area contributed by atoms with Gasteiger partial charge in [0.15, 0.2) is 12.6 Å². The highest BCUT2D eigenvalue weighted by atomic mass is 16.7. The van der Waals surface area contributed by atoms with Crippen LogP contribution in [0.2, 0.25) is 0 Å². The van der Waals surface area contributed by atoms with Gasteiger partial charge >= 0.3 is 5.97 Å². The molecule has 4 aliphatic heterocycles. The first kappa shape index (κ1) is 43.3. The zero-order valence-corrected chi connectivity index (χ0v) is 33.8. The Morgan fingerprint density at radius 1 is 1.02 bits per heavy atom. The number of hydrogen-bond donors (Lipinski definition) is 4. The second-order valence-electron chi connectivity index (χ2n) is 16.6. The molecule has 17 atom stereocenters. The molecular weight excluding hydrogens is 674 g/mol. The molecule has 4 rings (SSSR count). The number of fused-ring (bicyclic) bond motifs is 2. The van der Waals surface area contributed by atoms with Crippen molar-refractivity contribution in [3.63, 3.8) is 0 Å². The van der Waals surface area contributed by atoms with Crippen LogP contribution in [0, 0.1) is 17.8 Å². The highest BCUT2D eigenvalue weighted by Gasteiger charge is 2.57. The lowest BCUT2D eigenvalue weighted by molar-refractivity contribution is -0.317. The van der Waals surface area contributed by atoms with Crippen molar-refractivity contribution in [1.82, 2.24) is 4.90 Å². The lowest BCUT2D eigenvalue weighted by atomic mass is 9.78. The van der Waals surface area contributed by atoms with Crippen molar-refractivity contribution in [3.05, 3.63) is 11.3 Å². The van der Waals surface area contributed by atoms with Crippen LogP contribution in [0.3, 0.4) is 0 Å². The van der Waals surface area contributed by atoms with Gasteiger partial charge in [0.2, 0.25) is 0 Å². The van der Waals surface area contributed by atoms with Crippen LogP contribution in [-0.4, -0.2) is 136 Å². The second-order valence-corrected chi connectivity index (χ2v) is 16.6. The first-order chi connectivity index (χ1) is 24.2. The van der Waals surface area contributed by atoms with Crippen LogP contribution < -0.4 is 0 Å². The molecule has 0 aromatic carbocycles. The Morgan fingerprint density at radius 3 is 2.23 bits per heavy atom. The summed E-state index contributed by atoms with van der Waals surface area (Å²) >= 11 is 0. The zero-order valence-electron chi connectivity index (χ0n) is 33.8. The molecule has 0 spiro atoms. The fourth-order valence-corrected chi connectivity index (χ4v) is 9.27. The number of ether oxygens (including phenoxy) is 7. The van der Waals surface area contributed by atoms with Crippen molar-refractivity contribution >= 4 is 5.97 Å². The van der Waals surface area contributed by atoms with Crippen LogP contribution in [0.25, 0.3) is 0 Å². The summed E-state index contributed by atoms with van der Waals surface area (Å²) in [5.74, 6) is -2.25. The van der Waals surface area contributed by atoms with Crippen LogP contribution in [0.1, 0.15) is 109 Å². The zero-order chi connectivity index (χ0) is 39.1. The third-order valence-corrected chi connectivity index (χ3v) is 12.5. The number of esters is 1. The quantitative estimate of drug-likeness (QED) is 0.227. The Balaban J connectivity index is 1.83. The molecule has 4 aliphatic rings. The minimum atomic E-state index is -1.82. The van der Waals surface area contributed by atoms with Crippen molar-refractivity contribution in [1.29, 1.82) is 0 Å². The van der Waals surface area contributed by atoms with E-state index in [4.69, 9.17) is 33.2 Å². The van der Waals surface area contributed by atoms with E-state index in [1.165, 1.54) is 14.0 Å². The van der Waals surface area contributed by atoms with Gasteiger partial charge < -0.3 is 53.6 Å². The monoisotopic (exact) mass is 743 g/mol. The number of cyclic esters (lactones) is 1. The number of carbonyl (C=O) groups is 1. The molecule has 4 N–H and O–H groups in total. The molecule has 0 amide bonds. The maximum atomic E-state index is 14.3. The minimum absolute atomic E-state index is 0.175. The first-order valence-corrected chi connectivity index (χ1v) is 19.5. The van der Waals surface area contributed by atoms with E-state index in [2.05, 4.69) is 18.7 Å². The van der Waals surface area contributed by atoms with E-state index >= 15 is 0 Å². The summed E-state index contributed by atoms with van der Waals surface area (Å²) in [5, 5.41) is 45.5. The van der Waals surface area contributed by atoms with Gasteiger partial charge in [0.1, 0.15) is 41.4 Å². The predicted molar refractivity (Wildman–Crippen MR) is 193 cm³/mol. The third-order valence-electron chi connectivity index (χ3n) is 12.5. The van der Waals surface area contributed by atoms with E-state index in [0.29, 0.717) is 18.6 Å². The molecule has 0 aromatic heterocycles. The Bertz CT molecular complexity index is 1240. The van der Waals surface area contributed by atoms with Gasteiger partial charge in [-0.15, -0.1) is 0 Å². The van der Waals surface area contributed by atoms with E-state index in [1.807, 2.05) is 34.6 Å². The Hall–Kier alpha value is -1.39. The number of aliphatic hydroxyl groups is 4. The van der Waals surface area contributed by atoms with Gasteiger partial charge in [-0.05, 0) is 80.0 Å². The van der Waals surface area contributed by atoms with Crippen molar-refractivity contribution in [2.75, 3.05) is 20.2 Å². The maximum Gasteiger partial charge on any atom is 0.311 e. The SMILES string of the molecule is CC[C@@H](O)[C@@](C)(O)[C@@H]1OC(=O)[C@H](C)[C@@H](O[C@H]2CC(C)(OC)[C@@H](O)C(C)O2)[C@H](C)[C@@H](O[C@@H]2OC(C)CC(N(CC)CC)C2O)[C@@]2(C)CC(C)=C(O2)[C@@H]1C. The Labute approximate surface area is 311 Å². The minimum Gasteiger partial charge on any atom is -0.488 e. The molecule has 4 heterocycles. The maximum absolute atomic E-state index is 14.3. The smallest absolute Gasteiger partial charge is 0.311 e. The molecule has 302 valence electrons. The van der Waals surface area contributed by atoms with Gasteiger partial charge in [0.05, 0.1) is 41.9 Å². The van der Waals surface area contributed by atoms with Crippen LogP contribution in [0.15, 0.2) is 11.3 Å². The number of carbonyl (C=O) groups excluding carboxylic acids is 1. The number of aliphatic hydroxyl groups excluding tert-OH is 3. The number of rotatable bonds is 11. The summed E-state index contributed by atoms with van der Waals surface area (Å²) in [5.41, 5.74) is -2.95. The van der Waals surface area contributed by atoms with Crippen molar-refractivity contribution < 1.29 is 58.4 Å². The van der Waals surface area contributed by atoms with Gasteiger partial charge in [0, 0.05) is 31.9 Å². The predicted octanol–water partition coefficient (Wildman–Crippen LogP) is 3.67. The van der Waals surface area contributed by atoms with Gasteiger partial charge in [-0.25, -0.2) is 0 Å². The molecule has 3 saturated heterocycles. The van der Waals surface area contributed by atoms with Crippen LogP contribution in [-0.2, 0) is 38.0 Å². The topological polar surface area (TPSA) is 166 Å². The number of methoxy groups -OCH3 is 1. The second kappa shape index (κ2) is 16.8. The Morgan fingerprint density at radius 2 is 1.65 bits per heavy atom. The van der Waals surface area contributed by atoms with Crippen molar-refractivity contribution in [2.45, 2.75) is 193 Å². The summed E-state index contributed by atoms with van der Waals surface area (Å²) in [4.78, 5) is 16.5. The van der Waals surface area contributed by atoms with Crippen molar-refractivity contribution in [2.24, 2.45) is 17.8 Å². The standard InChI is InChI=1S/C39H69NO12/c1-14-27(41)39(12,45)34-22(6)30-20(4)18-38(11,52-30)33(51-36-29(42)26(17-21(5)47-36)40(15-2)16-3)23(7)31(24(8)35(44)50-34)49-28-19-37(10,46-13)32(43)25(9)48-28/h21-29,31-34,36,41-43,45H,14-19H2,1-13H3/t21?,22-,23-,24+,25?,26?,27+,28-,29?,31-,32-,33+,34+,36-,37?,38+,39+/m0/s1. The molecule has 13 nitrogen and oxygen atoms in total. The average molecular weight is 744 g/mol. The first-order valence-electron chi connectivity index (χ1n) is 19.5. The normalized spacial score (nSPS) is 45.2. The summed E-state index contributed by atoms with van der Waals surface area (Å²) in [7, 11) is 1.53. The molecule has 0 aliphatic carbocycles. The highest BCUT2D eigenvalue weighted by Crippen LogP contribution is 2.48. The van der Waals surface area contributed by atoms with E-state index < -0.39 is 95.8 Å². The van der Waals surface area contributed by atoms with Gasteiger partial charge in [-0.2, -0.15) is 0 Å². The third kappa shape index (κ3) is 8.39. The van der Waals surface area contributed by atoms with Crippen LogP contribution in [0.4, 0.5) is 0 Å². The highest BCUT2D eigenvalue weighted by molar-refractivity contribution is 5.73. The lowest BCUT2D eigenvalue weighted by Gasteiger charge is -2.49. The average Bonchev–Trinajstić information content (AvgIpc) is 3.41. The van der Waals surface area contributed by atoms with Gasteiger partial charge in [-0.3, -0.25) is 9.69 Å². The van der Waals surface area contributed by atoms with E-state index in [-0.39, 0.29) is 25.0 Å². The van der Waals surface area contributed by atoms with Gasteiger partial charge in [-0.1, -0.05) is 34.6 Å². The Kier molecular flexibility index (Phi) is 14.0. The summed E-state index contributed by atoms with van der Waals surface area (Å²) in [6.07, 6.45) is -7.21. The molecule has 52 heavy (non-hydrogen) atoms. The van der Waals surface area contributed by atoms with Crippen LogP contribution >= 0.6 is 0 Å². The summed E-state index contributed by atoms with van der Waals surface area (Å²) in [6, 6.07) is -0.196.